The molecule has 0 saturated heterocycles. The first-order valence-corrected chi connectivity index (χ1v) is 5.29. The number of nitrogens with zero attached hydrogens (tertiary/aromatic N) is 2. The number of aryl methyl sites for hydroxylation is 1. The number of nitrogens with one attached hydrogen (secondary N) is 2. The predicted octanol–water partition coefficient (Wildman–Crippen LogP) is 0.0210. The normalized spacial score (nSPS) is 10.3. The molecule has 0 aliphatic heterocycles. The Morgan fingerprint density at radius 1 is 1.60 bits per heavy atom. The summed E-state index contributed by atoms with van der Waals surface area (Å²) in [5.74, 6) is 0.546. The van der Waals surface area contributed by atoms with Crippen molar-refractivity contribution in [2.75, 3.05) is 32.1 Å². The Bertz CT molecular complexity index is 315. The number of aromatic nitrogens is 2. The molecule has 0 radical (unpaired) electrons. The van der Waals surface area contributed by atoms with Crippen LogP contribution in [0.5, 0.6) is 0 Å². The minimum absolute atomic E-state index is 0.123. The summed E-state index contributed by atoms with van der Waals surface area (Å²) in [6.07, 6.45) is 0. The molecule has 0 spiro atoms. The zero-order chi connectivity index (χ0) is 11.1. The first kappa shape index (κ1) is 12.0. The van der Waals surface area contributed by atoms with E-state index in [1.165, 1.54) is 11.5 Å². The topological polar surface area (TPSA) is 76.1 Å². The third kappa shape index (κ3) is 4.82. The minimum atomic E-state index is -0.123. The summed E-state index contributed by atoms with van der Waals surface area (Å²) in [7, 11) is 1.62. The Morgan fingerprint density at radius 2 is 2.40 bits per heavy atom. The molecular weight excluding hydrogens is 216 g/mol. The first-order valence-electron chi connectivity index (χ1n) is 4.52. The minimum Gasteiger partial charge on any atom is -0.383 e. The highest BCUT2D eigenvalue weighted by Crippen LogP contribution is 2.09. The molecule has 0 unspecified atom stereocenters. The van der Waals surface area contributed by atoms with E-state index < -0.39 is 0 Å². The van der Waals surface area contributed by atoms with Gasteiger partial charge in [-0.1, -0.05) is 0 Å². The average molecular weight is 230 g/mol. The van der Waals surface area contributed by atoms with Gasteiger partial charge in [-0.2, -0.15) is 4.37 Å². The molecule has 0 aliphatic carbocycles. The van der Waals surface area contributed by atoms with E-state index in [0.717, 1.165) is 0 Å². The fraction of sp³-hybridized carbons (Fsp3) is 0.625. The molecule has 0 aliphatic rings. The molecule has 1 rings (SSSR count). The van der Waals surface area contributed by atoms with Gasteiger partial charge in [0.05, 0.1) is 13.2 Å². The van der Waals surface area contributed by atoms with Crippen LogP contribution in [0.1, 0.15) is 5.82 Å². The van der Waals surface area contributed by atoms with Crippen molar-refractivity contribution < 1.29 is 9.53 Å². The van der Waals surface area contributed by atoms with Gasteiger partial charge >= 0.3 is 0 Å². The van der Waals surface area contributed by atoms with Gasteiger partial charge < -0.3 is 10.1 Å². The molecule has 1 amide bonds. The van der Waals surface area contributed by atoms with Crippen LogP contribution in [0, 0.1) is 6.92 Å². The number of methoxy groups -OCH3 is 1. The van der Waals surface area contributed by atoms with E-state index in [-0.39, 0.29) is 12.5 Å². The molecular formula is C8H14N4O2S. The molecule has 1 heterocycles. The molecule has 1 aromatic heterocycles. The zero-order valence-electron chi connectivity index (χ0n) is 8.74. The third-order valence-electron chi connectivity index (χ3n) is 1.54. The Morgan fingerprint density at radius 3 is 3.00 bits per heavy atom. The third-order valence-corrected chi connectivity index (χ3v) is 2.26. The van der Waals surface area contributed by atoms with E-state index in [1.807, 2.05) is 0 Å². The summed E-state index contributed by atoms with van der Waals surface area (Å²) in [4.78, 5) is 15.3. The van der Waals surface area contributed by atoms with Crippen molar-refractivity contribution in [2.24, 2.45) is 0 Å². The summed E-state index contributed by atoms with van der Waals surface area (Å²) in [6, 6.07) is 0. The second kappa shape index (κ2) is 6.44. The molecule has 0 saturated carbocycles. The van der Waals surface area contributed by atoms with E-state index in [2.05, 4.69) is 20.0 Å². The van der Waals surface area contributed by atoms with Crippen LogP contribution in [0.25, 0.3) is 0 Å². The summed E-state index contributed by atoms with van der Waals surface area (Å²) in [5, 5.41) is 6.11. The van der Waals surface area contributed by atoms with Crippen molar-refractivity contribution in [1.82, 2.24) is 14.7 Å². The predicted molar refractivity (Wildman–Crippen MR) is 58.0 cm³/mol. The highest BCUT2D eigenvalue weighted by molar-refractivity contribution is 7.09. The molecule has 2 N–H and O–H groups in total. The largest absolute Gasteiger partial charge is 0.383 e. The fourth-order valence-corrected chi connectivity index (χ4v) is 1.48. The standard InChI is InChI=1S/C8H14N4O2S/c1-6-10-8(15-12-6)11-7(13)5-9-3-4-14-2/h9H,3-5H2,1-2H3,(H,10,11,12,13). The molecule has 1 aromatic rings. The first-order chi connectivity index (χ1) is 7.22. The van der Waals surface area contributed by atoms with Crippen LogP contribution in [0.3, 0.4) is 0 Å². The van der Waals surface area contributed by atoms with Crippen LogP contribution in [0.15, 0.2) is 0 Å². The number of rotatable bonds is 6. The Balaban J connectivity index is 2.18. The van der Waals surface area contributed by atoms with Crippen molar-refractivity contribution in [1.29, 1.82) is 0 Å². The van der Waals surface area contributed by atoms with Crippen molar-refractivity contribution in [3.05, 3.63) is 5.82 Å². The molecule has 84 valence electrons. The Hall–Kier alpha value is -1.05. The summed E-state index contributed by atoms with van der Waals surface area (Å²) in [6.45, 7) is 3.27. The van der Waals surface area contributed by atoms with Crippen LogP contribution >= 0.6 is 11.5 Å². The number of amides is 1. The van der Waals surface area contributed by atoms with E-state index in [0.29, 0.717) is 24.1 Å². The van der Waals surface area contributed by atoms with Crippen LogP contribution in [0.4, 0.5) is 5.13 Å². The SMILES string of the molecule is COCCNCC(=O)Nc1nc(C)ns1. The Kier molecular flexibility index (Phi) is 5.16. The quantitative estimate of drug-likeness (QED) is 0.674. The van der Waals surface area contributed by atoms with Crippen LogP contribution in [-0.4, -0.2) is 42.1 Å². The van der Waals surface area contributed by atoms with Crippen LogP contribution in [0.2, 0.25) is 0 Å². The van der Waals surface area contributed by atoms with Gasteiger partial charge in [0, 0.05) is 25.2 Å². The second-order valence-corrected chi connectivity index (χ2v) is 3.62. The lowest BCUT2D eigenvalue weighted by Crippen LogP contribution is -2.30. The van der Waals surface area contributed by atoms with Crippen molar-refractivity contribution in [2.45, 2.75) is 6.92 Å². The number of hydrogen-bond acceptors (Lipinski definition) is 6. The number of anilines is 1. The molecule has 0 bridgehead atoms. The van der Waals surface area contributed by atoms with Gasteiger partial charge in [0.2, 0.25) is 11.0 Å². The molecule has 6 nitrogen and oxygen atoms in total. The average Bonchev–Trinajstić information content (AvgIpc) is 2.59. The molecule has 7 heteroatoms. The van der Waals surface area contributed by atoms with Crippen molar-refractivity contribution in [3.8, 4) is 0 Å². The van der Waals surface area contributed by atoms with Gasteiger partial charge in [-0.25, -0.2) is 4.98 Å². The highest BCUT2D eigenvalue weighted by Gasteiger charge is 2.04. The second-order valence-electron chi connectivity index (χ2n) is 2.86. The van der Waals surface area contributed by atoms with Gasteiger partial charge in [-0.3, -0.25) is 10.1 Å². The van der Waals surface area contributed by atoms with E-state index in [9.17, 15) is 4.79 Å². The molecule has 15 heavy (non-hydrogen) atoms. The van der Waals surface area contributed by atoms with Crippen LogP contribution < -0.4 is 10.6 Å². The van der Waals surface area contributed by atoms with Gasteiger partial charge in [-0.05, 0) is 6.92 Å². The monoisotopic (exact) mass is 230 g/mol. The summed E-state index contributed by atoms with van der Waals surface area (Å²) < 4.78 is 8.79. The number of ether oxygens (including phenoxy) is 1. The maximum atomic E-state index is 11.3. The van der Waals surface area contributed by atoms with E-state index in [4.69, 9.17) is 4.74 Å². The van der Waals surface area contributed by atoms with Crippen molar-refractivity contribution >= 4 is 22.6 Å². The Labute approximate surface area is 92.2 Å². The lowest BCUT2D eigenvalue weighted by molar-refractivity contribution is -0.115. The van der Waals surface area contributed by atoms with Crippen molar-refractivity contribution in [3.63, 3.8) is 0 Å². The van der Waals surface area contributed by atoms with E-state index in [1.54, 1.807) is 14.0 Å². The fourth-order valence-electron chi connectivity index (χ4n) is 0.887. The van der Waals surface area contributed by atoms with Gasteiger partial charge in [0.1, 0.15) is 5.82 Å². The maximum Gasteiger partial charge on any atom is 0.240 e. The highest BCUT2D eigenvalue weighted by atomic mass is 32.1. The van der Waals surface area contributed by atoms with Gasteiger partial charge in [0.15, 0.2) is 0 Å². The maximum absolute atomic E-state index is 11.3. The van der Waals surface area contributed by atoms with Crippen LogP contribution in [-0.2, 0) is 9.53 Å². The number of carbonyl (C=O) groups is 1. The van der Waals surface area contributed by atoms with E-state index >= 15 is 0 Å². The lowest BCUT2D eigenvalue weighted by atomic mass is 10.5. The lowest BCUT2D eigenvalue weighted by Gasteiger charge is -2.02. The molecule has 0 atom stereocenters. The molecule has 0 aromatic carbocycles. The molecule has 0 fully saturated rings. The zero-order valence-corrected chi connectivity index (χ0v) is 9.56. The summed E-state index contributed by atoms with van der Waals surface area (Å²) >= 11 is 1.18. The summed E-state index contributed by atoms with van der Waals surface area (Å²) in [5.41, 5.74) is 0. The van der Waals surface area contributed by atoms with Gasteiger partial charge in [-0.15, -0.1) is 0 Å². The smallest absolute Gasteiger partial charge is 0.240 e. The number of carbonyl (C=O) groups excluding carboxylic acids is 1. The number of hydrogen-bond donors (Lipinski definition) is 2. The van der Waals surface area contributed by atoms with Gasteiger partial charge in [0.25, 0.3) is 0 Å².